The lowest BCUT2D eigenvalue weighted by Crippen LogP contribution is -2.32. The molecule has 162 valence electrons. The molecule has 0 saturated heterocycles. The van der Waals surface area contributed by atoms with E-state index in [1.807, 2.05) is 36.4 Å². The molecule has 0 saturated carbocycles. The molecule has 0 fully saturated rings. The Morgan fingerprint density at radius 3 is 1.73 bits per heavy atom. The van der Waals surface area contributed by atoms with Gasteiger partial charge < -0.3 is 0 Å². The van der Waals surface area contributed by atoms with E-state index in [1.54, 1.807) is 4.68 Å². The molecule has 0 unspecified atom stereocenters. The van der Waals surface area contributed by atoms with Crippen LogP contribution in [0.5, 0.6) is 0 Å². The van der Waals surface area contributed by atoms with Crippen molar-refractivity contribution in [3.63, 3.8) is 0 Å². The quantitative estimate of drug-likeness (QED) is 0.269. The fourth-order valence-electron chi connectivity index (χ4n) is 3.86. The van der Waals surface area contributed by atoms with Crippen LogP contribution >= 0.6 is 23.0 Å². The van der Waals surface area contributed by atoms with Gasteiger partial charge in [0.25, 0.3) is 11.9 Å². The highest BCUT2D eigenvalue weighted by Crippen LogP contribution is 2.49. The Labute approximate surface area is 199 Å². The Hall–Kier alpha value is -3.47. The van der Waals surface area contributed by atoms with Gasteiger partial charge in [-0.2, -0.15) is 0 Å². The lowest BCUT2D eigenvalue weighted by molar-refractivity contribution is -0.669. The maximum Gasteiger partial charge on any atom is 0.427 e. The molecule has 0 spiro atoms. The van der Waals surface area contributed by atoms with Gasteiger partial charge in [0.05, 0.1) is 7.05 Å². The molecule has 4 aromatic carbocycles. The number of aromatic nitrogens is 2. The molecule has 0 bridgehead atoms. The lowest BCUT2D eigenvalue weighted by Gasteiger charge is -2.26. The van der Waals surface area contributed by atoms with Crippen molar-refractivity contribution in [1.29, 1.82) is 0 Å². The first kappa shape index (κ1) is 21.4. The second-order valence-corrected chi connectivity index (χ2v) is 11.3. The SMILES string of the molecule is O=c1c[n+](-c2cc(Br)ccc2N=P(c2ccccc2)(c2ccccc2)c2ccccc2)[nH]o1. The van der Waals surface area contributed by atoms with E-state index in [-0.39, 0.29) is 0 Å². The molecule has 5 rings (SSSR count). The van der Waals surface area contributed by atoms with E-state index in [0.29, 0.717) is 5.69 Å². The summed E-state index contributed by atoms with van der Waals surface area (Å²) in [5.41, 5.74) is 0.990. The number of halogens is 1. The number of rotatable bonds is 5. The highest BCUT2D eigenvalue weighted by molar-refractivity contribution is 9.10. The zero-order valence-electron chi connectivity index (χ0n) is 17.5. The van der Waals surface area contributed by atoms with Crippen LogP contribution in [0.25, 0.3) is 5.69 Å². The number of nitrogens with zero attached hydrogens (tertiary/aromatic N) is 2. The first-order valence-electron chi connectivity index (χ1n) is 10.4. The minimum absolute atomic E-state index is 0.462. The van der Waals surface area contributed by atoms with Crippen molar-refractivity contribution in [2.75, 3.05) is 0 Å². The van der Waals surface area contributed by atoms with Gasteiger partial charge in [-0.3, -0.25) is 4.52 Å². The molecule has 1 heterocycles. The van der Waals surface area contributed by atoms with E-state index in [2.05, 4.69) is 94.0 Å². The van der Waals surface area contributed by atoms with Gasteiger partial charge in [-0.25, -0.2) is 9.54 Å². The topological polar surface area (TPSA) is 62.2 Å². The number of aromatic amines is 1. The Bertz CT molecular complexity index is 1390. The van der Waals surface area contributed by atoms with Crippen molar-refractivity contribution in [2.24, 2.45) is 4.74 Å². The van der Waals surface area contributed by atoms with Crippen LogP contribution in [0.1, 0.15) is 0 Å². The van der Waals surface area contributed by atoms with Crippen molar-refractivity contribution >= 4 is 44.6 Å². The molecule has 0 aliphatic carbocycles. The summed E-state index contributed by atoms with van der Waals surface area (Å²) < 4.78 is 12.9. The second-order valence-electron chi connectivity index (χ2n) is 7.39. The second kappa shape index (κ2) is 9.18. The third-order valence-electron chi connectivity index (χ3n) is 5.32. The summed E-state index contributed by atoms with van der Waals surface area (Å²) in [6.07, 6.45) is 1.37. The van der Waals surface area contributed by atoms with E-state index in [9.17, 15) is 4.79 Å². The summed E-state index contributed by atoms with van der Waals surface area (Å²) >= 11 is 3.55. The summed E-state index contributed by atoms with van der Waals surface area (Å²) in [5, 5.41) is 6.08. The summed E-state index contributed by atoms with van der Waals surface area (Å²) in [7, 11) is -2.46. The van der Waals surface area contributed by atoms with Crippen LogP contribution in [0.3, 0.4) is 0 Å². The zero-order chi connectivity index (χ0) is 22.7. The standard InChI is InChI=1S/C26H19BrN3O2P/c27-20-16-17-24(25(18-20)30-19-26(31)32-29-30)28-33(21-10-4-1-5-11-21,22-12-6-2-7-13-22)23-14-8-3-9-15-23/h1-19H/p+1. The minimum Gasteiger partial charge on any atom is -0.283 e. The van der Waals surface area contributed by atoms with Gasteiger partial charge in [0.1, 0.15) is 5.69 Å². The van der Waals surface area contributed by atoms with Crippen molar-refractivity contribution in [3.8, 4) is 5.69 Å². The van der Waals surface area contributed by atoms with Crippen molar-refractivity contribution in [1.82, 2.24) is 5.27 Å². The molecule has 0 radical (unpaired) electrons. The summed E-state index contributed by atoms with van der Waals surface area (Å²) in [6.45, 7) is 0. The largest absolute Gasteiger partial charge is 0.427 e. The predicted octanol–water partition coefficient (Wildman–Crippen LogP) is 4.82. The molecule has 1 aromatic heterocycles. The van der Waals surface area contributed by atoms with Gasteiger partial charge >= 0.3 is 5.63 Å². The first-order valence-corrected chi connectivity index (χ1v) is 12.9. The van der Waals surface area contributed by atoms with Gasteiger partial charge in [-0.1, -0.05) is 107 Å². The highest BCUT2D eigenvalue weighted by atomic mass is 79.9. The van der Waals surface area contributed by atoms with Crippen LogP contribution in [0, 0.1) is 0 Å². The summed E-state index contributed by atoms with van der Waals surface area (Å²) in [6, 6.07) is 37.0. The van der Waals surface area contributed by atoms with Crippen molar-refractivity contribution < 1.29 is 9.20 Å². The molecule has 5 aromatic rings. The molecule has 0 aliphatic heterocycles. The number of hydrogen-bond acceptors (Lipinski definition) is 3. The van der Waals surface area contributed by atoms with Crippen molar-refractivity contribution in [3.05, 3.63) is 130 Å². The lowest BCUT2D eigenvalue weighted by atomic mass is 10.3. The Morgan fingerprint density at radius 1 is 0.758 bits per heavy atom. The predicted molar refractivity (Wildman–Crippen MR) is 136 cm³/mol. The molecular weight excluding hydrogens is 497 g/mol. The third-order valence-corrected chi connectivity index (χ3v) is 9.47. The Kier molecular flexibility index (Phi) is 5.95. The Balaban J connectivity index is 1.92. The smallest absolute Gasteiger partial charge is 0.283 e. The van der Waals surface area contributed by atoms with Gasteiger partial charge in [-0.15, -0.1) is 0 Å². The van der Waals surface area contributed by atoms with Gasteiger partial charge in [-0.05, 0) is 22.1 Å². The molecule has 7 heteroatoms. The molecule has 0 aliphatic rings. The fraction of sp³-hybridized carbons (Fsp3) is 0. The van der Waals surface area contributed by atoms with Crippen LogP contribution in [0.4, 0.5) is 5.69 Å². The minimum atomic E-state index is -2.46. The Morgan fingerprint density at radius 2 is 1.27 bits per heavy atom. The highest BCUT2D eigenvalue weighted by Gasteiger charge is 2.29. The van der Waals surface area contributed by atoms with Crippen LogP contribution in [0.15, 0.2) is 134 Å². The molecule has 1 N–H and O–H groups in total. The normalized spacial score (nSPS) is 11.3. The van der Waals surface area contributed by atoms with Gasteiger partial charge in [0.2, 0.25) is 0 Å². The van der Waals surface area contributed by atoms with E-state index < -0.39 is 12.7 Å². The number of benzene rings is 4. The van der Waals surface area contributed by atoms with E-state index in [1.165, 1.54) is 6.20 Å². The van der Waals surface area contributed by atoms with E-state index >= 15 is 0 Å². The van der Waals surface area contributed by atoms with Crippen LogP contribution in [-0.2, 0) is 0 Å². The average molecular weight is 517 g/mol. The van der Waals surface area contributed by atoms with Gasteiger partial charge in [0.15, 0.2) is 0 Å². The molecule has 33 heavy (non-hydrogen) atoms. The third kappa shape index (κ3) is 4.15. The number of nitrogens with one attached hydrogen (secondary N) is 1. The monoisotopic (exact) mass is 516 g/mol. The summed E-state index contributed by atoms with van der Waals surface area (Å²) in [5.74, 6) is 0. The summed E-state index contributed by atoms with van der Waals surface area (Å²) in [4.78, 5) is 11.8. The average Bonchev–Trinajstić information content (AvgIpc) is 3.31. The molecular formula is C26H20BrN3O2P+. The maximum absolute atomic E-state index is 11.8. The number of H-pyrrole nitrogens is 1. The zero-order valence-corrected chi connectivity index (χ0v) is 20.0. The van der Waals surface area contributed by atoms with E-state index in [4.69, 9.17) is 9.27 Å². The number of hydrogen-bond donors (Lipinski definition) is 1. The van der Waals surface area contributed by atoms with Gasteiger partial charge in [0, 0.05) is 26.5 Å². The fourth-order valence-corrected chi connectivity index (χ4v) is 7.75. The van der Waals surface area contributed by atoms with Crippen LogP contribution in [-0.4, -0.2) is 5.27 Å². The van der Waals surface area contributed by atoms with E-state index in [0.717, 1.165) is 26.1 Å². The molecule has 0 atom stereocenters. The van der Waals surface area contributed by atoms with Crippen LogP contribution in [0.2, 0.25) is 0 Å². The maximum atomic E-state index is 11.8. The molecule has 0 amide bonds. The van der Waals surface area contributed by atoms with Crippen LogP contribution < -0.4 is 26.2 Å². The first-order chi connectivity index (χ1) is 16.2. The van der Waals surface area contributed by atoms with Crippen molar-refractivity contribution in [2.45, 2.75) is 0 Å². The molecule has 5 nitrogen and oxygen atoms in total.